The maximum atomic E-state index is 13.9. The van der Waals surface area contributed by atoms with Crippen molar-refractivity contribution in [2.75, 3.05) is 7.05 Å². The Hall–Kier alpha value is -2.34. The van der Waals surface area contributed by atoms with E-state index in [-0.39, 0.29) is 18.7 Å². The van der Waals surface area contributed by atoms with Crippen LogP contribution in [0.3, 0.4) is 0 Å². The predicted octanol–water partition coefficient (Wildman–Crippen LogP) is 4.54. The molecule has 2 amide bonds. The van der Waals surface area contributed by atoms with Crippen LogP contribution in [-0.4, -0.2) is 29.1 Å². The quantitative estimate of drug-likeness (QED) is 0.786. The van der Waals surface area contributed by atoms with Crippen molar-refractivity contribution in [1.82, 2.24) is 15.2 Å². The second kappa shape index (κ2) is 9.04. The summed E-state index contributed by atoms with van der Waals surface area (Å²) in [5.41, 5.74) is 1.19. The molecule has 1 heterocycles. The van der Waals surface area contributed by atoms with Crippen molar-refractivity contribution in [2.24, 2.45) is 0 Å². The van der Waals surface area contributed by atoms with E-state index in [9.17, 15) is 9.18 Å². The Morgan fingerprint density at radius 3 is 2.89 bits per heavy atom. The Labute approximate surface area is 163 Å². The Morgan fingerprint density at radius 1 is 1.37 bits per heavy atom. The second-order valence-corrected chi connectivity index (χ2v) is 7.15. The van der Waals surface area contributed by atoms with Gasteiger partial charge in [-0.05, 0) is 49.4 Å². The lowest BCUT2D eigenvalue weighted by Gasteiger charge is -2.19. The Bertz CT molecular complexity index is 776. The summed E-state index contributed by atoms with van der Waals surface area (Å²) in [5.74, 6) is 0.158. The lowest BCUT2D eigenvalue weighted by atomic mass is 10.2. The molecule has 1 fully saturated rings. The molecule has 0 unspecified atom stereocenters. The standard InChI is InChI=1S/C20H23ClFN3O2/c1-25(13-16-17(21)7-4-8-18(16)22)20(26)24-12-14-9-10-23-19(11-14)27-15-5-2-3-6-15/h4,7-11,15H,2-3,5-6,12-13H2,1H3,(H,24,26). The van der Waals surface area contributed by atoms with Gasteiger partial charge in [0, 0.05) is 36.4 Å². The van der Waals surface area contributed by atoms with Gasteiger partial charge >= 0.3 is 6.03 Å². The summed E-state index contributed by atoms with van der Waals surface area (Å²) in [7, 11) is 1.60. The van der Waals surface area contributed by atoms with Crippen molar-refractivity contribution in [3.05, 3.63) is 58.5 Å². The molecular formula is C20H23ClFN3O2. The van der Waals surface area contributed by atoms with Crippen LogP contribution in [0.5, 0.6) is 5.88 Å². The molecule has 2 aromatic rings. The lowest BCUT2D eigenvalue weighted by molar-refractivity contribution is 0.200. The fourth-order valence-electron chi connectivity index (χ4n) is 3.11. The fraction of sp³-hybridized carbons (Fsp3) is 0.400. The number of aromatic nitrogens is 1. The fourth-order valence-corrected chi connectivity index (χ4v) is 3.33. The number of nitrogens with zero attached hydrogens (tertiary/aromatic N) is 2. The van der Waals surface area contributed by atoms with E-state index >= 15 is 0 Å². The predicted molar refractivity (Wildman–Crippen MR) is 102 cm³/mol. The average Bonchev–Trinajstić information content (AvgIpc) is 3.16. The van der Waals surface area contributed by atoms with Crippen molar-refractivity contribution in [3.8, 4) is 5.88 Å². The number of amides is 2. The van der Waals surface area contributed by atoms with Crippen molar-refractivity contribution in [1.29, 1.82) is 0 Å². The van der Waals surface area contributed by atoms with E-state index in [1.165, 1.54) is 29.9 Å². The Kier molecular flexibility index (Phi) is 6.50. The molecule has 5 nitrogen and oxygen atoms in total. The molecule has 1 aliphatic carbocycles. The molecule has 1 aliphatic rings. The van der Waals surface area contributed by atoms with Gasteiger partial charge in [-0.25, -0.2) is 14.2 Å². The monoisotopic (exact) mass is 391 g/mol. The summed E-state index contributed by atoms with van der Waals surface area (Å²) < 4.78 is 19.8. The van der Waals surface area contributed by atoms with Crippen LogP contribution < -0.4 is 10.1 Å². The number of halogens is 2. The first-order valence-electron chi connectivity index (χ1n) is 9.06. The second-order valence-electron chi connectivity index (χ2n) is 6.74. The van der Waals surface area contributed by atoms with Gasteiger partial charge in [0.1, 0.15) is 11.9 Å². The number of carbonyl (C=O) groups excluding carboxylic acids is 1. The van der Waals surface area contributed by atoms with E-state index in [2.05, 4.69) is 10.3 Å². The summed E-state index contributed by atoms with van der Waals surface area (Å²) in [4.78, 5) is 17.9. The van der Waals surface area contributed by atoms with E-state index in [0.717, 1.165) is 18.4 Å². The Balaban J connectivity index is 1.53. The van der Waals surface area contributed by atoms with E-state index in [1.807, 2.05) is 12.1 Å². The zero-order valence-corrected chi connectivity index (χ0v) is 16.0. The van der Waals surface area contributed by atoms with Crippen LogP contribution >= 0.6 is 11.6 Å². The molecule has 7 heteroatoms. The van der Waals surface area contributed by atoms with Crippen LogP contribution in [0.2, 0.25) is 5.02 Å². The number of pyridine rings is 1. The normalized spacial score (nSPS) is 14.2. The molecule has 144 valence electrons. The molecule has 0 radical (unpaired) electrons. The van der Waals surface area contributed by atoms with Crippen molar-refractivity contribution in [2.45, 2.75) is 44.9 Å². The van der Waals surface area contributed by atoms with Gasteiger partial charge in [0.25, 0.3) is 0 Å². The maximum absolute atomic E-state index is 13.9. The largest absolute Gasteiger partial charge is 0.474 e. The van der Waals surface area contributed by atoms with E-state index in [1.54, 1.807) is 19.3 Å². The average molecular weight is 392 g/mol. The zero-order chi connectivity index (χ0) is 19.2. The highest BCUT2D eigenvalue weighted by Crippen LogP contribution is 2.23. The molecule has 0 spiro atoms. The number of hydrogen-bond acceptors (Lipinski definition) is 3. The number of ether oxygens (including phenoxy) is 1. The third-order valence-electron chi connectivity index (χ3n) is 4.64. The third kappa shape index (κ3) is 5.32. The molecule has 1 aromatic carbocycles. The lowest BCUT2D eigenvalue weighted by Crippen LogP contribution is -2.36. The molecule has 1 N–H and O–H groups in total. The number of nitrogens with one attached hydrogen (secondary N) is 1. The smallest absolute Gasteiger partial charge is 0.317 e. The molecule has 3 rings (SSSR count). The van der Waals surface area contributed by atoms with Gasteiger partial charge in [-0.1, -0.05) is 17.7 Å². The van der Waals surface area contributed by atoms with Gasteiger partial charge in [0.15, 0.2) is 0 Å². The van der Waals surface area contributed by atoms with Gasteiger partial charge in [-0.3, -0.25) is 0 Å². The van der Waals surface area contributed by atoms with E-state index in [0.29, 0.717) is 23.0 Å². The molecule has 0 aliphatic heterocycles. The van der Waals surface area contributed by atoms with Crippen molar-refractivity contribution >= 4 is 17.6 Å². The highest BCUT2D eigenvalue weighted by Gasteiger charge is 2.17. The molecule has 0 saturated heterocycles. The van der Waals surface area contributed by atoms with Crippen molar-refractivity contribution in [3.63, 3.8) is 0 Å². The first kappa shape index (κ1) is 19.4. The van der Waals surface area contributed by atoms with Gasteiger partial charge < -0.3 is 15.0 Å². The summed E-state index contributed by atoms with van der Waals surface area (Å²) in [5, 5.41) is 3.12. The summed E-state index contributed by atoms with van der Waals surface area (Å²) >= 11 is 6.02. The topological polar surface area (TPSA) is 54.5 Å². The molecule has 0 bridgehead atoms. The highest BCUT2D eigenvalue weighted by atomic mass is 35.5. The van der Waals surface area contributed by atoms with Crippen LogP contribution in [0, 0.1) is 5.82 Å². The number of carbonyl (C=O) groups is 1. The highest BCUT2D eigenvalue weighted by molar-refractivity contribution is 6.31. The SMILES string of the molecule is CN(Cc1c(F)cccc1Cl)C(=O)NCc1ccnc(OC2CCCC2)c1. The number of urea groups is 1. The van der Waals surface area contributed by atoms with Crippen LogP contribution in [0.15, 0.2) is 36.5 Å². The molecule has 1 aromatic heterocycles. The number of benzene rings is 1. The minimum Gasteiger partial charge on any atom is -0.474 e. The third-order valence-corrected chi connectivity index (χ3v) is 4.99. The zero-order valence-electron chi connectivity index (χ0n) is 15.3. The van der Waals surface area contributed by atoms with Crippen LogP contribution in [0.25, 0.3) is 0 Å². The first-order valence-corrected chi connectivity index (χ1v) is 9.44. The van der Waals surface area contributed by atoms with Crippen LogP contribution in [0.4, 0.5) is 9.18 Å². The molecule has 1 saturated carbocycles. The minimum atomic E-state index is -0.426. The number of rotatable bonds is 6. The minimum absolute atomic E-state index is 0.0870. The summed E-state index contributed by atoms with van der Waals surface area (Å²) in [6.07, 6.45) is 6.42. The van der Waals surface area contributed by atoms with Crippen LogP contribution in [0.1, 0.15) is 36.8 Å². The first-order chi connectivity index (χ1) is 13.0. The maximum Gasteiger partial charge on any atom is 0.317 e. The summed E-state index contributed by atoms with van der Waals surface area (Å²) in [6, 6.07) is 7.83. The molecule has 27 heavy (non-hydrogen) atoms. The summed E-state index contributed by atoms with van der Waals surface area (Å²) in [6.45, 7) is 0.418. The Morgan fingerprint density at radius 2 is 2.15 bits per heavy atom. The van der Waals surface area contributed by atoms with E-state index < -0.39 is 5.82 Å². The van der Waals surface area contributed by atoms with Gasteiger partial charge in [0.2, 0.25) is 5.88 Å². The molecule has 0 atom stereocenters. The van der Waals surface area contributed by atoms with Crippen molar-refractivity contribution < 1.29 is 13.9 Å². The van der Waals surface area contributed by atoms with Gasteiger partial charge in [0.05, 0.1) is 6.54 Å². The van der Waals surface area contributed by atoms with Crippen LogP contribution in [-0.2, 0) is 13.1 Å². The van der Waals surface area contributed by atoms with Gasteiger partial charge in [-0.2, -0.15) is 0 Å². The van der Waals surface area contributed by atoms with Gasteiger partial charge in [-0.15, -0.1) is 0 Å². The molecular weight excluding hydrogens is 369 g/mol. The van der Waals surface area contributed by atoms with E-state index in [4.69, 9.17) is 16.3 Å². The number of hydrogen-bond donors (Lipinski definition) is 1.